The van der Waals surface area contributed by atoms with Crippen LogP contribution >= 0.6 is 0 Å². The number of halogens is 2. The Balaban J connectivity index is 1.26. The Bertz CT molecular complexity index is 1320. The number of pyridine rings is 1. The molecule has 8 nitrogen and oxygen atoms in total. The van der Waals surface area contributed by atoms with Gasteiger partial charge in [-0.2, -0.15) is 0 Å². The van der Waals surface area contributed by atoms with E-state index in [-0.39, 0.29) is 23.6 Å². The van der Waals surface area contributed by atoms with Gasteiger partial charge in [-0.05, 0) is 54.4 Å². The first kappa shape index (κ1) is 27.0. The fraction of sp³-hybridized carbons (Fsp3) is 0.414. The Morgan fingerprint density at radius 1 is 1.23 bits per heavy atom. The summed E-state index contributed by atoms with van der Waals surface area (Å²) < 4.78 is 40.2. The van der Waals surface area contributed by atoms with E-state index in [1.807, 2.05) is 6.07 Å². The van der Waals surface area contributed by atoms with Gasteiger partial charge in [-0.25, -0.2) is 13.8 Å². The molecule has 0 bridgehead atoms. The van der Waals surface area contributed by atoms with Crippen molar-refractivity contribution in [2.45, 2.75) is 51.2 Å². The van der Waals surface area contributed by atoms with E-state index >= 15 is 0 Å². The van der Waals surface area contributed by atoms with Crippen LogP contribution in [0.3, 0.4) is 0 Å². The van der Waals surface area contributed by atoms with Crippen LogP contribution in [0.5, 0.6) is 5.75 Å². The highest BCUT2D eigenvalue weighted by Gasteiger charge is 2.32. The number of anilines is 2. The minimum atomic E-state index is -0.860. The molecule has 5 atom stereocenters. The third-order valence-electron chi connectivity index (χ3n) is 7.83. The third kappa shape index (κ3) is 6.17. The topological polar surface area (TPSA) is 122 Å². The zero-order chi connectivity index (χ0) is 27.5. The Hall–Kier alpha value is -3.63. The van der Waals surface area contributed by atoms with Crippen LogP contribution in [0.4, 0.5) is 20.4 Å². The van der Waals surface area contributed by atoms with Crippen molar-refractivity contribution in [1.82, 2.24) is 15.0 Å². The maximum atomic E-state index is 14.7. The van der Waals surface area contributed by atoms with Crippen molar-refractivity contribution in [2.24, 2.45) is 17.6 Å². The number of H-pyrrole nitrogens is 1. The highest BCUT2D eigenvalue weighted by molar-refractivity contribution is 6.09. The second-order valence-electron chi connectivity index (χ2n) is 10.6. The summed E-state index contributed by atoms with van der Waals surface area (Å²) in [6.07, 6.45) is 10.4. The van der Waals surface area contributed by atoms with Crippen LogP contribution in [-0.2, 0) is 4.74 Å². The number of nitrogens with two attached hydrogens (primary N) is 1. The van der Waals surface area contributed by atoms with E-state index in [1.54, 1.807) is 24.7 Å². The van der Waals surface area contributed by atoms with E-state index in [0.717, 1.165) is 36.2 Å². The average Bonchev–Trinajstić information content (AvgIpc) is 3.58. The number of allylic oxidation sites excluding steroid dienone is 1. The van der Waals surface area contributed by atoms with Crippen LogP contribution < -0.4 is 15.8 Å². The van der Waals surface area contributed by atoms with Crippen molar-refractivity contribution in [2.75, 3.05) is 18.5 Å². The number of nitrogens with zero attached hydrogens (tertiary/aromatic N) is 2. The summed E-state index contributed by atoms with van der Waals surface area (Å²) in [5.74, 6) is 0.181. The molecule has 3 aromatic rings. The van der Waals surface area contributed by atoms with Crippen molar-refractivity contribution in [3.05, 3.63) is 71.3 Å². The number of rotatable bonds is 8. The summed E-state index contributed by atoms with van der Waals surface area (Å²) in [7, 11) is 0. The van der Waals surface area contributed by atoms with Gasteiger partial charge in [-0.15, -0.1) is 0 Å². The fourth-order valence-corrected chi connectivity index (χ4v) is 5.39. The standard InChI is InChI=1S/C29H34F2N6O2/c1-16-9-18(10-26(33)17(16)2)22-5-7-34-14-27(22)37-29-35-13-19(36-29)3-4-25(32)28-23(30)11-21(12-24(28)31)39-20-6-8-38-15-20/h3-5,7,11-14,16-18,20,26,32H,6,8-10,15,33H2,1-2H3,(H2,35,36,37)/b4-3-,32-25?. The van der Waals surface area contributed by atoms with Gasteiger partial charge >= 0.3 is 0 Å². The average molecular weight is 537 g/mol. The Morgan fingerprint density at radius 3 is 2.74 bits per heavy atom. The number of hydrogen-bond acceptors (Lipinski definition) is 7. The predicted octanol–water partition coefficient (Wildman–Crippen LogP) is 5.55. The van der Waals surface area contributed by atoms with Crippen LogP contribution in [-0.4, -0.2) is 46.0 Å². The van der Waals surface area contributed by atoms with Gasteiger partial charge in [0.2, 0.25) is 5.95 Å². The van der Waals surface area contributed by atoms with Crippen LogP contribution in [0, 0.1) is 28.9 Å². The van der Waals surface area contributed by atoms with Gasteiger partial charge in [-0.3, -0.25) is 4.98 Å². The number of imidazole rings is 1. The molecule has 0 amide bonds. The summed E-state index contributed by atoms with van der Waals surface area (Å²) in [5, 5.41) is 11.5. The van der Waals surface area contributed by atoms with Gasteiger partial charge in [0.25, 0.3) is 0 Å². The minimum Gasteiger partial charge on any atom is -0.488 e. The molecule has 39 heavy (non-hydrogen) atoms. The van der Waals surface area contributed by atoms with E-state index in [9.17, 15) is 8.78 Å². The molecule has 1 aliphatic heterocycles. The van der Waals surface area contributed by atoms with E-state index in [2.05, 4.69) is 34.1 Å². The van der Waals surface area contributed by atoms with Gasteiger partial charge in [0, 0.05) is 30.8 Å². The summed E-state index contributed by atoms with van der Waals surface area (Å²) in [6, 6.07) is 4.37. The number of aromatic amines is 1. The van der Waals surface area contributed by atoms with E-state index < -0.39 is 17.2 Å². The third-order valence-corrected chi connectivity index (χ3v) is 7.83. The summed E-state index contributed by atoms with van der Waals surface area (Å²) in [5.41, 5.74) is 8.26. The second-order valence-corrected chi connectivity index (χ2v) is 10.6. The molecule has 206 valence electrons. The Morgan fingerprint density at radius 2 is 2.03 bits per heavy atom. The zero-order valence-corrected chi connectivity index (χ0v) is 22.1. The van der Waals surface area contributed by atoms with E-state index in [4.69, 9.17) is 20.6 Å². The molecule has 5 unspecified atom stereocenters. The molecular weight excluding hydrogens is 502 g/mol. The summed E-state index contributed by atoms with van der Waals surface area (Å²) in [6.45, 7) is 5.42. The molecule has 10 heteroatoms. The molecule has 3 heterocycles. The van der Waals surface area contributed by atoms with Crippen molar-refractivity contribution in [3.63, 3.8) is 0 Å². The van der Waals surface area contributed by atoms with Crippen molar-refractivity contribution < 1.29 is 18.3 Å². The van der Waals surface area contributed by atoms with Crippen LogP contribution in [0.1, 0.15) is 55.8 Å². The lowest BCUT2D eigenvalue weighted by Gasteiger charge is -2.37. The fourth-order valence-electron chi connectivity index (χ4n) is 5.39. The first-order valence-electron chi connectivity index (χ1n) is 13.3. The number of aromatic nitrogens is 3. The van der Waals surface area contributed by atoms with Gasteiger partial charge in [0.1, 0.15) is 23.5 Å². The maximum Gasteiger partial charge on any atom is 0.205 e. The van der Waals surface area contributed by atoms with Gasteiger partial charge in [0.15, 0.2) is 0 Å². The number of ether oxygens (including phenoxy) is 2. The largest absolute Gasteiger partial charge is 0.488 e. The number of hydrogen-bond donors (Lipinski definition) is 4. The lowest BCUT2D eigenvalue weighted by atomic mass is 9.71. The van der Waals surface area contributed by atoms with Crippen LogP contribution in [0.2, 0.25) is 0 Å². The highest BCUT2D eigenvalue weighted by atomic mass is 19.1. The Labute approximate surface area is 226 Å². The highest BCUT2D eigenvalue weighted by Crippen LogP contribution is 2.41. The van der Waals surface area contributed by atoms with E-state index in [1.165, 1.54) is 6.08 Å². The molecule has 2 aliphatic rings. The summed E-state index contributed by atoms with van der Waals surface area (Å²) in [4.78, 5) is 11.8. The van der Waals surface area contributed by atoms with E-state index in [0.29, 0.717) is 49.0 Å². The molecule has 0 radical (unpaired) electrons. The quantitative estimate of drug-likeness (QED) is 0.280. The molecule has 2 fully saturated rings. The smallest absolute Gasteiger partial charge is 0.205 e. The van der Waals surface area contributed by atoms with Gasteiger partial charge in [-0.1, -0.05) is 13.8 Å². The molecule has 5 N–H and O–H groups in total. The minimum absolute atomic E-state index is 0.0827. The van der Waals surface area contributed by atoms with Crippen molar-refractivity contribution in [3.8, 4) is 5.75 Å². The van der Waals surface area contributed by atoms with Gasteiger partial charge < -0.3 is 30.9 Å². The molecule has 1 saturated carbocycles. The van der Waals surface area contributed by atoms with Crippen molar-refractivity contribution in [1.29, 1.82) is 5.41 Å². The molecule has 0 spiro atoms. The molecule has 1 aliphatic carbocycles. The first-order chi connectivity index (χ1) is 18.8. The normalized spacial score (nSPS) is 25.2. The second kappa shape index (κ2) is 11.6. The number of benzene rings is 1. The summed E-state index contributed by atoms with van der Waals surface area (Å²) >= 11 is 0. The molecule has 1 saturated heterocycles. The molecule has 5 rings (SSSR count). The Kier molecular flexibility index (Phi) is 8.04. The number of nitrogens with one attached hydrogen (secondary N) is 3. The zero-order valence-electron chi connectivity index (χ0n) is 22.1. The maximum absolute atomic E-state index is 14.7. The predicted molar refractivity (Wildman–Crippen MR) is 146 cm³/mol. The lowest BCUT2D eigenvalue weighted by Crippen LogP contribution is -2.39. The molecule has 1 aromatic carbocycles. The van der Waals surface area contributed by atoms with Crippen LogP contribution in [0.15, 0.2) is 42.9 Å². The van der Waals surface area contributed by atoms with Crippen molar-refractivity contribution >= 4 is 23.4 Å². The monoisotopic (exact) mass is 536 g/mol. The van der Waals surface area contributed by atoms with Gasteiger partial charge in [0.05, 0.1) is 48.3 Å². The molecular formula is C29H34F2N6O2. The molecule has 2 aromatic heterocycles. The SMILES string of the molecule is CC1CC(c2ccncc2Nc2ncc(/C=C\C(=N)c3c(F)cc(OC4CCOC4)cc3F)[nH]2)CC(N)C1C. The lowest BCUT2D eigenvalue weighted by molar-refractivity contribution is 0.141. The first-order valence-corrected chi connectivity index (χ1v) is 13.3. The van der Waals surface area contributed by atoms with Crippen LogP contribution in [0.25, 0.3) is 6.08 Å².